The van der Waals surface area contributed by atoms with E-state index in [-0.39, 0.29) is 17.4 Å². The summed E-state index contributed by atoms with van der Waals surface area (Å²) >= 11 is 0. The van der Waals surface area contributed by atoms with Crippen molar-refractivity contribution in [1.29, 1.82) is 0 Å². The van der Waals surface area contributed by atoms with Crippen LogP contribution < -0.4 is 10.2 Å². The highest BCUT2D eigenvalue weighted by molar-refractivity contribution is 5.61. The molecule has 1 unspecified atom stereocenters. The summed E-state index contributed by atoms with van der Waals surface area (Å²) < 4.78 is 0. The van der Waals surface area contributed by atoms with Gasteiger partial charge in [-0.2, -0.15) is 0 Å². The van der Waals surface area contributed by atoms with Gasteiger partial charge in [-0.3, -0.25) is 0 Å². The van der Waals surface area contributed by atoms with Gasteiger partial charge in [-0.05, 0) is 59.8 Å². The summed E-state index contributed by atoms with van der Waals surface area (Å²) in [5.74, 6) is 1.76. The number of hydrogen-bond acceptors (Lipinski definition) is 6. The molecule has 4 rings (SSSR count). The first kappa shape index (κ1) is 23.1. The second-order valence-corrected chi connectivity index (χ2v) is 10.8. The molecule has 1 aliphatic carbocycles. The number of aliphatic hydroxyl groups excluding tert-OH is 2. The van der Waals surface area contributed by atoms with Crippen molar-refractivity contribution in [3.63, 3.8) is 0 Å². The average Bonchev–Trinajstić information content (AvgIpc) is 2.81. The Kier molecular flexibility index (Phi) is 6.57. The highest BCUT2D eigenvalue weighted by Crippen LogP contribution is 2.46. The Balaban J connectivity index is 1.50. The monoisotopic (exact) mass is 438 g/mol. The van der Waals surface area contributed by atoms with E-state index in [1.165, 1.54) is 24.0 Å². The highest BCUT2D eigenvalue weighted by Gasteiger charge is 2.37. The summed E-state index contributed by atoms with van der Waals surface area (Å²) in [5.41, 5.74) is 4.34. The lowest BCUT2D eigenvalue weighted by Gasteiger charge is -2.42. The number of fused-ring (bicyclic) bond motifs is 1. The molecule has 0 amide bonds. The number of aromatic nitrogens is 2. The minimum atomic E-state index is -0.690. The van der Waals surface area contributed by atoms with Gasteiger partial charge >= 0.3 is 0 Å². The van der Waals surface area contributed by atoms with Crippen LogP contribution in [0.3, 0.4) is 0 Å². The predicted molar refractivity (Wildman–Crippen MR) is 129 cm³/mol. The fraction of sp³-hybridized carbons (Fsp3) is 0.615. The van der Waals surface area contributed by atoms with E-state index in [2.05, 4.69) is 61.1 Å². The van der Waals surface area contributed by atoms with E-state index in [1.807, 2.05) is 12.3 Å². The van der Waals surface area contributed by atoms with E-state index < -0.39 is 6.10 Å². The molecule has 2 aliphatic rings. The summed E-state index contributed by atoms with van der Waals surface area (Å²) in [4.78, 5) is 11.9. The molecule has 0 saturated carbocycles. The molecular weight excluding hydrogens is 400 g/mol. The predicted octanol–water partition coefficient (Wildman–Crippen LogP) is 3.40. The molecule has 174 valence electrons. The molecule has 6 heteroatoms. The first-order valence-corrected chi connectivity index (χ1v) is 12.0. The Bertz CT molecular complexity index is 935. The Morgan fingerprint density at radius 3 is 2.44 bits per heavy atom. The number of hydrogen-bond donors (Lipinski definition) is 3. The first-order chi connectivity index (χ1) is 15.2. The number of piperidine rings is 1. The molecule has 1 atom stereocenters. The lowest BCUT2D eigenvalue weighted by atomic mass is 9.63. The van der Waals surface area contributed by atoms with E-state index in [9.17, 15) is 5.11 Å². The molecule has 1 aromatic carbocycles. The van der Waals surface area contributed by atoms with Crippen LogP contribution in [0.1, 0.15) is 64.5 Å². The number of aliphatic hydroxyl groups is 2. The summed E-state index contributed by atoms with van der Waals surface area (Å²) in [6.45, 7) is 11.4. The van der Waals surface area contributed by atoms with E-state index >= 15 is 0 Å². The number of benzene rings is 1. The molecule has 6 nitrogen and oxygen atoms in total. The Morgan fingerprint density at radius 1 is 1.06 bits per heavy atom. The van der Waals surface area contributed by atoms with E-state index in [0.717, 1.165) is 43.1 Å². The first-order valence-electron chi connectivity index (χ1n) is 12.0. The molecule has 1 fully saturated rings. The van der Waals surface area contributed by atoms with Crippen LogP contribution in [-0.2, 0) is 10.8 Å². The van der Waals surface area contributed by atoms with Crippen LogP contribution in [-0.4, -0.2) is 58.6 Å². The second-order valence-electron chi connectivity index (χ2n) is 10.8. The minimum absolute atomic E-state index is 0.164. The third-order valence-electron chi connectivity index (χ3n) is 7.42. The van der Waals surface area contributed by atoms with Crippen molar-refractivity contribution in [2.45, 2.75) is 76.4 Å². The third-order valence-corrected chi connectivity index (χ3v) is 7.42. The summed E-state index contributed by atoms with van der Waals surface area (Å²) in [7, 11) is 0. The molecule has 1 aromatic heterocycles. The largest absolute Gasteiger partial charge is 0.394 e. The maximum Gasteiger partial charge on any atom is 0.161 e. The smallest absolute Gasteiger partial charge is 0.161 e. The van der Waals surface area contributed by atoms with Crippen LogP contribution in [0, 0.1) is 0 Å². The van der Waals surface area contributed by atoms with Crippen LogP contribution in [0.2, 0.25) is 0 Å². The van der Waals surface area contributed by atoms with Gasteiger partial charge in [0, 0.05) is 37.4 Å². The molecule has 32 heavy (non-hydrogen) atoms. The van der Waals surface area contributed by atoms with Crippen LogP contribution in [0.15, 0.2) is 30.5 Å². The van der Waals surface area contributed by atoms with Crippen molar-refractivity contribution in [2.24, 2.45) is 0 Å². The SMILES string of the molecule is CC1(C)CCC(C)(C)c2cc(-c3nccc(N4CCC(NCC(O)CO)CC4)n3)ccc21. The molecule has 0 radical (unpaired) electrons. The fourth-order valence-corrected chi connectivity index (χ4v) is 5.07. The van der Waals surface area contributed by atoms with E-state index in [1.54, 1.807) is 0 Å². The van der Waals surface area contributed by atoms with Gasteiger partial charge in [0.2, 0.25) is 0 Å². The Morgan fingerprint density at radius 2 is 1.75 bits per heavy atom. The summed E-state index contributed by atoms with van der Waals surface area (Å²) in [5, 5.41) is 21.9. The van der Waals surface area contributed by atoms with Crippen molar-refractivity contribution in [2.75, 3.05) is 31.1 Å². The highest BCUT2D eigenvalue weighted by atomic mass is 16.3. The van der Waals surface area contributed by atoms with Crippen molar-refractivity contribution in [1.82, 2.24) is 15.3 Å². The third kappa shape index (κ3) is 4.82. The average molecular weight is 439 g/mol. The molecular formula is C26H38N4O2. The van der Waals surface area contributed by atoms with E-state index in [4.69, 9.17) is 10.1 Å². The number of anilines is 1. The van der Waals surface area contributed by atoms with Crippen LogP contribution >= 0.6 is 0 Å². The Labute approximate surface area is 192 Å². The second kappa shape index (κ2) is 9.08. The standard InChI is InChI=1S/C26H38N4O2/c1-25(2)10-11-26(3,4)22-15-18(5-6-21(22)25)24-27-12-7-23(29-24)30-13-8-19(9-14-30)28-16-20(32)17-31/h5-7,12,15,19-20,28,31-32H,8-11,13-14,16-17H2,1-4H3. The lowest BCUT2D eigenvalue weighted by Crippen LogP contribution is -2.45. The van der Waals surface area contributed by atoms with Gasteiger partial charge in [0.1, 0.15) is 5.82 Å². The zero-order chi connectivity index (χ0) is 22.9. The van der Waals surface area contributed by atoms with Gasteiger partial charge in [-0.25, -0.2) is 9.97 Å². The fourth-order valence-electron chi connectivity index (χ4n) is 5.07. The van der Waals surface area contributed by atoms with Gasteiger partial charge in [0.05, 0.1) is 12.7 Å². The van der Waals surface area contributed by atoms with Gasteiger partial charge in [-0.1, -0.05) is 39.8 Å². The minimum Gasteiger partial charge on any atom is -0.394 e. The van der Waals surface area contributed by atoms with Crippen LogP contribution in [0.25, 0.3) is 11.4 Å². The molecule has 1 aliphatic heterocycles. The van der Waals surface area contributed by atoms with Gasteiger partial charge in [0.25, 0.3) is 0 Å². The van der Waals surface area contributed by atoms with Gasteiger partial charge in [0.15, 0.2) is 5.82 Å². The van der Waals surface area contributed by atoms with Crippen molar-refractivity contribution < 1.29 is 10.2 Å². The molecule has 0 spiro atoms. The Hall–Kier alpha value is -2.02. The lowest BCUT2D eigenvalue weighted by molar-refractivity contribution is 0.0909. The maximum atomic E-state index is 9.55. The number of nitrogens with zero attached hydrogens (tertiary/aromatic N) is 3. The topological polar surface area (TPSA) is 81.5 Å². The zero-order valence-corrected chi connectivity index (χ0v) is 19.9. The number of nitrogens with one attached hydrogen (secondary N) is 1. The molecule has 2 aromatic rings. The van der Waals surface area contributed by atoms with Crippen LogP contribution in [0.5, 0.6) is 0 Å². The molecule has 3 N–H and O–H groups in total. The normalized spacial score (nSPS) is 21.2. The molecule has 0 bridgehead atoms. The summed E-state index contributed by atoms with van der Waals surface area (Å²) in [6, 6.07) is 9.15. The molecule has 2 heterocycles. The van der Waals surface area contributed by atoms with Crippen molar-refractivity contribution in [3.8, 4) is 11.4 Å². The number of rotatable bonds is 6. The van der Waals surface area contributed by atoms with Crippen molar-refractivity contribution in [3.05, 3.63) is 41.6 Å². The quantitative estimate of drug-likeness (QED) is 0.641. The van der Waals surface area contributed by atoms with E-state index in [0.29, 0.717) is 12.6 Å². The summed E-state index contributed by atoms with van der Waals surface area (Å²) in [6.07, 6.45) is 5.55. The van der Waals surface area contributed by atoms with Gasteiger partial charge in [-0.15, -0.1) is 0 Å². The van der Waals surface area contributed by atoms with Crippen molar-refractivity contribution >= 4 is 5.82 Å². The van der Waals surface area contributed by atoms with Gasteiger partial charge < -0.3 is 20.4 Å². The van der Waals surface area contributed by atoms with Crippen LogP contribution in [0.4, 0.5) is 5.82 Å². The maximum absolute atomic E-state index is 9.55. The molecule has 1 saturated heterocycles. The zero-order valence-electron chi connectivity index (χ0n) is 19.9.